The minimum Gasteiger partial charge on any atom is -0.344 e. The molecule has 0 saturated carbocycles. The number of hydrogen-bond acceptors (Lipinski definition) is 2. The lowest BCUT2D eigenvalue weighted by Gasteiger charge is -2.22. The number of anilines is 2. The van der Waals surface area contributed by atoms with E-state index in [2.05, 4.69) is 68.3 Å². The highest BCUT2D eigenvalue weighted by Gasteiger charge is 2.08. The van der Waals surface area contributed by atoms with Gasteiger partial charge < -0.3 is 10.6 Å². The molecule has 0 saturated heterocycles. The normalized spacial score (nSPS) is 12.2. The third-order valence-electron chi connectivity index (χ3n) is 3.60. The molecular weight excluding hydrogens is 244 g/mol. The van der Waals surface area contributed by atoms with E-state index in [9.17, 15) is 0 Å². The lowest BCUT2D eigenvalue weighted by atomic mass is 10.0. The summed E-state index contributed by atoms with van der Waals surface area (Å²) in [5.74, 6) is 0. The molecule has 2 N–H and O–H groups in total. The van der Waals surface area contributed by atoms with Gasteiger partial charge >= 0.3 is 0 Å². The number of rotatable bonds is 4. The van der Waals surface area contributed by atoms with E-state index < -0.39 is 0 Å². The number of aryl methyl sites for hydroxylation is 2. The first-order valence-corrected chi connectivity index (χ1v) is 7.13. The lowest BCUT2D eigenvalue weighted by Crippen LogP contribution is -2.18. The van der Waals surface area contributed by atoms with Gasteiger partial charge in [-0.3, -0.25) is 0 Å². The van der Waals surface area contributed by atoms with Crippen LogP contribution in [0.25, 0.3) is 0 Å². The van der Waals surface area contributed by atoms with Crippen molar-refractivity contribution in [2.45, 2.75) is 33.2 Å². The van der Waals surface area contributed by atoms with Gasteiger partial charge in [-0.2, -0.15) is 0 Å². The molecule has 0 fully saturated rings. The average molecular weight is 268 g/mol. The first-order chi connectivity index (χ1) is 9.47. The van der Waals surface area contributed by atoms with Gasteiger partial charge in [-0.25, -0.2) is 0 Å². The Hall–Kier alpha value is -1.80. The Labute approximate surface area is 122 Å². The SMILES string of the molecule is Cc1ccc(N(C)c2ccc(CC(C)N)cc2C)cc1. The molecule has 0 aliphatic heterocycles. The maximum atomic E-state index is 5.87. The molecule has 106 valence electrons. The molecule has 1 atom stereocenters. The second kappa shape index (κ2) is 6.10. The van der Waals surface area contributed by atoms with Crippen molar-refractivity contribution in [3.05, 3.63) is 59.2 Å². The van der Waals surface area contributed by atoms with Crippen LogP contribution in [0.4, 0.5) is 11.4 Å². The molecule has 0 spiro atoms. The number of benzene rings is 2. The van der Waals surface area contributed by atoms with Crippen molar-refractivity contribution in [1.29, 1.82) is 0 Å². The van der Waals surface area contributed by atoms with Gasteiger partial charge in [-0.15, -0.1) is 0 Å². The van der Waals surface area contributed by atoms with Crippen molar-refractivity contribution >= 4 is 11.4 Å². The molecule has 0 radical (unpaired) electrons. The molecule has 20 heavy (non-hydrogen) atoms. The van der Waals surface area contributed by atoms with E-state index in [0.29, 0.717) is 0 Å². The van der Waals surface area contributed by atoms with Crippen LogP contribution in [0, 0.1) is 13.8 Å². The summed E-state index contributed by atoms with van der Waals surface area (Å²) in [6, 6.07) is 15.4. The summed E-state index contributed by atoms with van der Waals surface area (Å²) >= 11 is 0. The van der Waals surface area contributed by atoms with E-state index in [1.54, 1.807) is 0 Å². The van der Waals surface area contributed by atoms with Crippen molar-refractivity contribution in [3.63, 3.8) is 0 Å². The molecule has 2 rings (SSSR count). The second-order valence-electron chi connectivity index (χ2n) is 5.70. The number of hydrogen-bond donors (Lipinski definition) is 1. The first kappa shape index (κ1) is 14.6. The van der Waals surface area contributed by atoms with Gasteiger partial charge in [0.15, 0.2) is 0 Å². The monoisotopic (exact) mass is 268 g/mol. The van der Waals surface area contributed by atoms with Gasteiger partial charge in [0.2, 0.25) is 0 Å². The highest BCUT2D eigenvalue weighted by molar-refractivity contribution is 5.66. The van der Waals surface area contributed by atoms with Crippen LogP contribution in [-0.4, -0.2) is 13.1 Å². The van der Waals surface area contributed by atoms with Crippen LogP contribution >= 0.6 is 0 Å². The molecule has 0 bridgehead atoms. The van der Waals surface area contributed by atoms with E-state index in [-0.39, 0.29) is 6.04 Å². The lowest BCUT2D eigenvalue weighted by molar-refractivity contribution is 0.737. The Morgan fingerprint density at radius 2 is 1.70 bits per heavy atom. The molecule has 0 amide bonds. The topological polar surface area (TPSA) is 29.3 Å². The van der Waals surface area contributed by atoms with Gasteiger partial charge in [0.1, 0.15) is 0 Å². The van der Waals surface area contributed by atoms with Crippen LogP contribution in [0.15, 0.2) is 42.5 Å². The van der Waals surface area contributed by atoms with E-state index >= 15 is 0 Å². The van der Waals surface area contributed by atoms with Crippen molar-refractivity contribution in [3.8, 4) is 0 Å². The molecule has 1 unspecified atom stereocenters. The number of nitrogens with two attached hydrogens (primary N) is 1. The van der Waals surface area contributed by atoms with Crippen LogP contribution in [-0.2, 0) is 6.42 Å². The first-order valence-electron chi connectivity index (χ1n) is 7.13. The fourth-order valence-corrected chi connectivity index (χ4v) is 2.50. The third-order valence-corrected chi connectivity index (χ3v) is 3.60. The van der Waals surface area contributed by atoms with Crippen LogP contribution in [0.2, 0.25) is 0 Å². The Morgan fingerprint density at radius 1 is 1.05 bits per heavy atom. The van der Waals surface area contributed by atoms with Crippen LogP contribution in [0.5, 0.6) is 0 Å². The Kier molecular flexibility index (Phi) is 4.46. The standard InChI is InChI=1S/C18H24N2/c1-13-5-8-17(9-6-13)20(4)18-10-7-16(11-14(18)2)12-15(3)19/h5-11,15H,12,19H2,1-4H3. The molecule has 2 nitrogen and oxygen atoms in total. The average Bonchev–Trinajstić information content (AvgIpc) is 2.38. The summed E-state index contributed by atoms with van der Waals surface area (Å²) in [6.07, 6.45) is 0.926. The van der Waals surface area contributed by atoms with Crippen LogP contribution in [0.3, 0.4) is 0 Å². The van der Waals surface area contributed by atoms with Gasteiger partial charge in [-0.1, -0.05) is 29.8 Å². The Morgan fingerprint density at radius 3 is 2.25 bits per heavy atom. The minimum absolute atomic E-state index is 0.204. The molecular formula is C18H24N2. The molecule has 0 heterocycles. The summed E-state index contributed by atoms with van der Waals surface area (Å²) in [5.41, 5.74) is 12.2. The van der Waals surface area contributed by atoms with E-state index in [1.807, 2.05) is 6.92 Å². The molecule has 2 aromatic carbocycles. The van der Waals surface area contributed by atoms with Gasteiger partial charge in [0, 0.05) is 24.5 Å². The largest absolute Gasteiger partial charge is 0.344 e. The van der Waals surface area contributed by atoms with E-state index in [1.165, 1.54) is 28.1 Å². The molecule has 0 aromatic heterocycles. The van der Waals surface area contributed by atoms with Crippen molar-refractivity contribution < 1.29 is 0 Å². The zero-order valence-corrected chi connectivity index (χ0v) is 12.9. The fraction of sp³-hybridized carbons (Fsp3) is 0.333. The summed E-state index contributed by atoms with van der Waals surface area (Å²) in [7, 11) is 2.11. The van der Waals surface area contributed by atoms with Gasteiger partial charge in [-0.05, 0) is 56.5 Å². The fourth-order valence-electron chi connectivity index (χ4n) is 2.50. The highest BCUT2D eigenvalue weighted by Crippen LogP contribution is 2.27. The maximum Gasteiger partial charge on any atom is 0.0437 e. The van der Waals surface area contributed by atoms with Crippen molar-refractivity contribution in [2.75, 3.05) is 11.9 Å². The van der Waals surface area contributed by atoms with Crippen molar-refractivity contribution in [2.24, 2.45) is 5.73 Å². The summed E-state index contributed by atoms with van der Waals surface area (Å²) in [5, 5.41) is 0. The van der Waals surface area contributed by atoms with E-state index in [0.717, 1.165) is 6.42 Å². The molecule has 2 heteroatoms. The zero-order chi connectivity index (χ0) is 14.7. The molecule has 2 aromatic rings. The highest BCUT2D eigenvalue weighted by atomic mass is 15.1. The maximum absolute atomic E-state index is 5.87. The summed E-state index contributed by atoms with van der Waals surface area (Å²) in [6.45, 7) is 6.31. The van der Waals surface area contributed by atoms with Gasteiger partial charge in [0.05, 0.1) is 0 Å². The third kappa shape index (κ3) is 3.40. The zero-order valence-electron chi connectivity index (χ0n) is 12.9. The predicted molar refractivity (Wildman–Crippen MR) is 87.8 cm³/mol. The summed E-state index contributed by atoms with van der Waals surface area (Å²) in [4.78, 5) is 2.23. The Bertz CT molecular complexity index is 570. The molecule has 0 aliphatic rings. The smallest absolute Gasteiger partial charge is 0.0437 e. The number of nitrogens with zero attached hydrogens (tertiary/aromatic N) is 1. The minimum atomic E-state index is 0.204. The Balaban J connectivity index is 2.26. The van der Waals surface area contributed by atoms with Crippen LogP contribution in [0.1, 0.15) is 23.6 Å². The summed E-state index contributed by atoms with van der Waals surface area (Å²) < 4.78 is 0. The van der Waals surface area contributed by atoms with Crippen molar-refractivity contribution in [1.82, 2.24) is 0 Å². The quantitative estimate of drug-likeness (QED) is 0.909. The molecule has 0 aliphatic carbocycles. The van der Waals surface area contributed by atoms with E-state index in [4.69, 9.17) is 5.73 Å². The van der Waals surface area contributed by atoms with Crippen LogP contribution < -0.4 is 10.6 Å². The van der Waals surface area contributed by atoms with Gasteiger partial charge in [0.25, 0.3) is 0 Å². The second-order valence-corrected chi connectivity index (χ2v) is 5.70. The predicted octanol–water partition coefficient (Wildman–Crippen LogP) is 3.96.